The van der Waals surface area contributed by atoms with Crippen molar-refractivity contribution in [2.24, 2.45) is 0 Å². The van der Waals surface area contributed by atoms with Gasteiger partial charge in [-0.05, 0) is 19.1 Å². The molecular weight excluding hydrogens is 420 g/mol. The van der Waals surface area contributed by atoms with Crippen LogP contribution in [0.25, 0.3) is 11.3 Å². The van der Waals surface area contributed by atoms with Gasteiger partial charge in [0.15, 0.2) is 0 Å². The summed E-state index contributed by atoms with van der Waals surface area (Å²) in [5, 5.41) is 10.9. The second kappa shape index (κ2) is 8.31. The van der Waals surface area contributed by atoms with Crippen molar-refractivity contribution in [3.63, 3.8) is 0 Å². The Balaban J connectivity index is 1.68. The van der Waals surface area contributed by atoms with Gasteiger partial charge in [-0.25, -0.2) is 4.68 Å². The number of carbonyl (C=O) groups excluding carboxylic acids is 2. The maximum Gasteiger partial charge on any atom is 0.249 e. The number of anilines is 2. The normalized spacial score (nSPS) is 15.1. The molecule has 2 aromatic carbocycles. The minimum Gasteiger partial charge on any atom is -0.497 e. The van der Waals surface area contributed by atoms with Crippen LogP contribution in [0.15, 0.2) is 42.5 Å². The number of fused-ring (bicyclic) bond motifs is 1. The van der Waals surface area contributed by atoms with Gasteiger partial charge >= 0.3 is 0 Å². The summed E-state index contributed by atoms with van der Waals surface area (Å²) < 4.78 is 12.1. The lowest BCUT2D eigenvalue weighted by Crippen LogP contribution is -2.35. The first-order valence-electron chi connectivity index (χ1n) is 9.58. The van der Waals surface area contributed by atoms with Crippen molar-refractivity contribution in [3.05, 3.63) is 53.1 Å². The molecular formula is C22H21ClN4O4. The number of aromatic nitrogens is 2. The zero-order chi connectivity index (χ0) is 22.1. The van der Waals surface area contributed by atoms with Crippen molar-refractivity contribution in [3.8, 4) is 22.8 Å². The summed E-state index contributed by atoms with van der Waals surface area (Å²) in [5.74, 6) is 0.969. The van der Waals surface area contributed by atoms with Crippen LogP contribution in [0.2, 0.25) is 5.02 Å². The molecule has 0 radical (unpaired) electrons. The van der Waals surface area contributed by atoms with E-state index in [4.69, 9.17) is 21.1 Å². The minimum atomic E-state index is -0.805. The molecule has 31 heavy (non-hydrogen) atoms. The lowest BCUT2D eigenvalue weighted by atomic mass is 10.1. The first-order valence-corrected chi connectivity index (χ1v) is 9.96. The van der Waals surface area contributed by atoms with Gasteiger partial charge < -0.3 is 20.1 Å². The van der Waals surface area contributed by atoms with Crippen molar-refractivity contribution >= 4 is 34.9 Å². The Morgan fingerprint density at radius 3 is 2.42 bits per heavy atom. The van der Waals surface area contributed by atoms with Gasteiger partial charge in [-0.2, -0.15) is 5.10 Å². The zero-order valence-corrected chi connectivity index (χ0v) is 18.0. The molecule has 1 aliphatic rings. The summed E-state index contributed by atoms with van der Waals surface area (Å²) in [6, 6.07) is 11.5. The van der Waals surface area contributed by atoms with Crippen LogP contribution in [-0.2, 0) is 9.59 Å². The number of halogens is 1. The van der Waals surface area contributed by atoms with Crippen LogP contribution in [0.3, 0.4) is 0 Å². The van der Waals surface area contributed by atoms with E-state index in [1.807, 2.05) is 19.1 Å². The van der Waals surface area contributed by atoms with Crippen LogP contribution in [0, 0.1) is 6.92 Å². The molecule has 2 N–H and O–H groups in total. The molecule has 0 saturated heterocycles. The molecule has 2 amide bonds. The topological polar surface area (TPSA) is 94.5 Å². The average molecular weight is 441 g/mol. The molecule has 0 bridgehead atoms. The predicted octanol–water partition coefficient (Wildman–Crippen LogP) is 4.05. The largest absolute Gasteiger partial charge is 0.497 e. The molecule has 8 nitrogen and oxygen atoms in total. The van der Waals surface area contributed by atoms with E-state index in [0.29, 0.717) is 33.7 Å². The number of hydrogen-bond acceptors (Lipinski definition) is 5. The van der Waals surface area contributed by atoms with E-state index < -0.39 is 6.04 Å². The highest BCUT2D eigenvalue weighted by Gasteiger charge is 2.34. The van der Waals surface area contributed by atoms with E-state index in [1.54, 1.807) is 35.0 Å². The zero-order valence-electron chi connectivity index (χ0n) is 17.2. The summed E-state index contributed by atoms with van der Waals surface area (Å²) in [7, 11) is 3.06. The second-order valence-electron chi connectivity index (χ2n) is 7.13. The Bertz CT molecular complexity index is 1130. The van der Waals surface area contributed by atoms with Crippen LogP contribution in [0.4, 0.5) is 11.5 Å². The number of amides is 2. The number of carbonyl (C=O) groups is 2. The molecule has 0 aliphatic carbocycles. The number of methoxy groups -OCH3 is 2. The molecule has 0 unspecified atom stereocenters. The Kier molecular flexibility index (Phi) is 5.56. The molecule has 0 saturated carbocycles. The van der Waals surface area contributed by atoms with Crippen molar-refractivity contribution in [1.29, 1.82) is 0 Å². The number of ether oxygens (including phenoxy) is 2. The van der Waals surface area contributed by atoms with Crippen molar-refractivity contribution in [2.45, 2.75) is 19.4 Å². The van der Waals surface area contributed by atoms with Crippen molar-refractivity contribution in [2.75, 3.05) is 24.9 Å². The van der Waals surface area contributed by atoms with Gasteiger partial charge in [0.05, 0.1) is 26.3 Å². The van der Waals surface area contributed by atoms with Crippen LogP contribution < -0.4 is 20.1 Å². The summed E-state index contributed by atoms with van der Waals surface area (Å²) in [6.45, 7) is 1.86. The van der Waals surface area contributed by atoms with Gasteiger partial charge in [-0.1, -0.05) is 23.7 Å². The van der Waals surface area contributed by atoms with E-state index >= 15 is 0 Å². The Hall–Kier alpha value is -3.52. The van der Waals surface area contributed by atoms with E-state index in [0.717, 1.165) is 11.1 Å². The summed E-state index contributed by atoms with van der Waals surface area (Å²) >= 11 is 5.99. The van der Waals surface area contributed by atoms with Gasteiger partial charge in [0.25, 0.3) is 0 Å². The fourth-order valence-electron chi connectivity index (χ4n) is 3.53. The highest BCUT2D eigenvalue weighted by molar-refractivity contribution is 6.30. The van der Waals surface area contributed by atoms with Gasteiger partial charge in [-0.15, -0.1) is 0 Å². The Morgan fingerprint density at radius 2 is 1.81 bits per heavy atom. The third-order valence-electron chi connectivity index (χ3n) is 5.12. The fraction of sp³-hybridized carbons (Fsp3) is 0.227. The summed E-state index contributed by atoms with van der Waals surface area (Å²) in [5.41, 5.74) is 2.79. The molecule has 1 aromatic heterocycles. The third-order valence-corrected chi connectivity index (χ3v) is 5.37. The third kappa shape index (κ3) is 4.06. The Labute approximate surface area is 184 Å². The van der Waals surface area contributed by atoms with E-state index in [9.17, 15) is 9.59 Å². The monoisotopic (exact) mass is 440 g/mol. The number of nitrogens with zero attached hydrogens (tertiary/aromatic N) is 2. The summed E-state index contributed by atoms with van der Waals surface area (Å²) in [6.07, 6.45) is -0.0267. The van der Waals surface area contributed by atoms with E-state index in [2.05, 4.69) is 15.7 Å². The number of nitrogens with one attached hydrogen (secondary N) is 2. The van der Waals surface area contributed by atoms with E-state index in [1.165, 1.54) is 14.2 Å². The average Bonchev–Trinajstić information content (AvgIpc) is 3.09. The number of hydrogen-bond donors (Lipinski definition) is 2. The Morgan fingerprint density at radius 1 is 1.16 bits per heavy atom. The van der Waals surface area contributed by atoms with Crippen LogP contribution >= 0.6 is 11.6 Å². The molecule has 1 aliphatic heterocycles. The molecule has 2 heterocycles. The van der Waals surface area contributed by atoms with Gasteiger partial charge in [-0.3, -0.25) is 9.59 Å². The maximum absolute atomic E-state index is 13.1. The second-order valence-corrected chi connectivity index (χ2v) is 7.57. The van der Waals surface area contributed by atoms with E-state index in [-0.39, 0.29) is 18.2 Å². The van der Waals surface area contributed by atoms with Gasteiger partial charge in [0, 0.05) is 40.0 Å². The van der Waals surface area contributed by atoms with Crippen molar-refractivity contribution in [1.82, 2.24) is 9.78 Å². The SMILES string of the molecule is COc1cc(NC(=O)[C@@H]2CC(=O)Nc3c(C)c(-c4ccc(Cl)cc4)nn32)cc(OC)c1. The number of benzene rings is 2. The predicted molar refractivity (Wildman–Crippen MR) is 118 cm³/mol. The first kappa shape index (κ1) is 20.7. The smallest absolute Gasteiger partial charge is 0.249 e. The van der Waals surface area contributed by atoms with Gasteiger partial charge in [0.2, 0.25) is 11.8 Å². The first-order chi connectivity index (χ1) is 14.9. The lowest BCUT2D eigenvalue weighted by Gasteiger charge is -2.24. The standard InChI is InChI=1S/C22H21ClN4O4/c1-12-20(13-4-6-14(23)7-5-13)26-27-18(11-19(28)25-21(12)27)22(29)24-15-8-16(30-2)10-17(9-15)31-3/h4-10,18H,11H2,1-3H3,(H,24,29)(H,25,28)/t18-/m0/s1. The molecule has 160 valence electrons. The molecule has 0 spiro atoms. The van der Waals surface area contributed by atoms with Crippen LogP contribution in [-0.4, -0.2) is 35.8 Å². The fourth-order valence-corrected chi connectivity index (χ4v) is 3.66. The van der Waals surface area contributed by atoms with Gasteiger partial charge in [0.1, 0.15) is 23.4 Å². The van der Waals surface area contributed by atoms with Crippen LogP contribution in [0.5, 0.6) is 11.5 Å². The summed E-state index contributed by atoms with van der Waals surface area (Å²) in [4.78, 5) is 25.5. The van der Waals surface area contributed by atoms with Crippen molar-refractivity contribution < 1.29 is 19.1 Å². The quantitative estimate of drug-likeness (QED) is 0.624. The molecule has 3 aromatic rings. The highest BCUT2D eigenvalue weighted by atomic mass is 35.5. The number of rotatable bonds is 5. The van der Waals surface area contributed by atoms with Crippen LogP contribution in [0.1, 0.15) is 18.0 Å². The molecule has 9 heteroatoms. The molecule has 0 fully saturated rings. The molecule has 1 atom stereocenters. The lowest BCUT2D eigenvalue weighted by molar-refractivity contribution is -0.125. The maximum atomic E-state index is 13.1. The molecule has 4 rings (SSSR count). The highest BCUT2D eigenvalue weighted by Crippen LogP contribution is 2.35. The minimum absolute atomic E-state index is 0.0267.